The highest BCUT2D eigenvalue weighted by molar-refractivity contribution is 5.92. The minimum Gasteiger partial charge on any atom is -0.484 e. The van der Waals surface area contributed by atoms with Crippen LogP contribution in [0.25, 0.3) is 10.9 Å². The van der Waals surface area contributed by atoms with Crippen molar-refractivity contribution >= 4 is 22.5 Å². The molecule has 1 aliphatic heterocycles. The maximum Gasteiger partial charge on any atom is 0.573 e. The van der Waals surface area contributed by atoms with Crippen molar-refractivity contribution in [2.24, 2.45) is 0 Å². The van der Waals surface area contributed by atoms with Gasteiger partial charge in [-0.2, -0.15) is 0 Å². The van der Waals surface area contributed by atoms with Crippen molar-refractivity contribution in [3.05, 3.63) is 58.6 Å². The van der Waals surface area contributed by atoms with Crippen LogP contribution in [0.1, 0.15) is 25.1 Å². The highest BCUT2D eigenvalue weighted by atomic mass is 19.4. The predicted octanol–water partition coefficient (Wildman–Crippen LogP) is 4.04. The summed E-state index contributed by atoms with van der Waals surface area (Å²) < 4.78 is 47.6. The third-order valence-electron chi connectivity index (χ3n) is 5.03. The average Bonchev–Trinajstić information content (AvgIpc) is 2.99. The van der Waals surface area contributed by atoms with E-state index in [9.17, 15) is 22.8 Å². The molecule has 4 rings (SSSR count). The molecule has 0 aliphatic carbocycles. The molecular formula is C22H20F3N3O4. The van der Waals surface area contributed by atoms with Gasteiger partial charge >= 0.3 is 6.36 Å². The minimum absolute atomic E-state index is 0.122. The Balaban J connectivity index is 1.41. The Morgan fingerprint density at radius 2 is 1.81 bits per heavy atom. The summed E-state index contributed by atoms with van der Waals surface area (Å²) in [5, 5.41) is 2.94. The van der Waals surface area contributed by atoms with Crippen molar-refractivity contribution in [1.29, 1.82) is 0 Å². The number of benzene rings is 2. The molecule has 32 heavy (non-hydrogen) atoms. The smallest absolute Gasteiger partial charge is 0.484 e. The molecule has 168 valence electrons. The fourth-order valence-corrected chi connectivity index (χ4v) is 3.57. The number of nitrogens with zero attached hydrogens (tertiary/aromatic N) is 2. The number of amides is 1. The van der Waals surface area contributed by atoms with Gasteiger partial charge in [0.2, 0.25) is 0 Å². The summed E-state index contributed by atoms with van der Waals surface area (Å²) in [5.74, 6) is 0.237. The normalized spacial score (nSPS) is 13.8. The number of rotatable bonds is 5. The summed E-state index contributed by atoms with van der Waals surface area (Å²) in [5.41, 5.74) is 0.751. The zero-order valence-corrected chi connectivity index (χ0v) is 16.9. The molecule has 0 bridgehead atoms. The van der Waals surface area contributed by atoms with E-state index < -0.39 is 12.3 Å². The van der Waals surface area contributed by atoms with Gasteiger partial charge in [0.05, 0.1) is 10.9 Å². The molecule has 1 amide bonds. The van der Waals surface area contributed by atoms with E-state index in [1.165, 1.54) is 12.1 Å². The SMILES string of the molecule is O=C(COc1ccc2nc3n(c(=O)c2c1)CCCCC3)Nc1ccc(OC(F)(F)F)cc1. The molecule has 0 unspecified atom stereocenters. The number of anilines is 1. The Bertz CT molecular complexity index is 1190. The Kier molecular flexibility index (Phi) is 6.02. The molecule has 0 radical (unpaired) electrons. The van der Waals surface area contributed by atoms with Crippen molar-refractivity contribution in [1.82, 2.24) is 9.55 Å². The van der Waals surface area contributed by atoms with Crippen LogP contribution in [0.5, 0.6) is 11.5 Å². The maximum atomic E-state index is 12.9. The van der Waals surface area contributed by atoms with Crippen LogP contribution in [0, 0.1) is 0 Å². The molecule has 0 saturated carbocycles. The van der Waals surface area contributed by atoms with Crippen LogP contribution >= 0.6 is 0 Å². The van der Waals surface area contributed by atoms with Gasteiger partial charge in [0.25, 0.3) is 11.5 Å². The lowest BCUT2D eigenvalue weighted by Crippen LogP contribution is -2.24. The molecular weight excluding hydrogens is 427 g/mol. The van der Waals surface area contributed by atoms with E-state index in [-0.39, 0.29) is 23.6 Å². The number of alkyl halides is 3. The van der Waals surface area contributed by atoms with Crippen LogP contribution in [-0.4, -0.2) is 28.4 Å². The van der Waals surface area contributed by atoms with Crippen molar-refractivity contribution < 1.29 is 27.4 Å². The van der Waals surface area contributed by atoms with E-state index in [4.69, 9.17) is 4.74 Å². The molecule has 0 atom stereocenters. The first-order chi connectivity index (χ1) is 15.3. The molecule has 2 heterocycles. The number of aromatic nitrogens is 2. The molecule has 10 heteroatoms. The molecule has 1 aliphatic rings. The van der Waals surface area contributed by atoms with Crippen molar-refractivity contribution in [2.75, 3.05) is 11.9 Å². The number of halogens is 3. The van der Waals surface area contributed by atoms with E-state index in [1.54, 1.807) is 22.8 Å². The van der Waals surface area contributed by atoms with Crippen LogP contribution in [0.3, 0.4) is 0 Å². The number of nitrogens with one attached hydrogen (secondary N) is 1. The summed E-state index contributed by atoms with van der Waals surface area (Å²) in [6.07, 6.45) is -1.02. The third-order valence-corrected chi connectivity index (χ3v) is 5.03. The number of fused-ring (bicyclic) bond motifs is 2. The fraction of sp³-hybridized carbons (Fsp3) is 0.318. The van der Waals surface area contributed by atoms with Gasteiger partial charge in [-0.15, -0.1) is 13.2 Å². The number of hydrogen-bond acceptors (Lipinski definition) is 5. The van der Waals surface area contributed by atoms with Crippen LogP contribution < -0.4 is 20.3 Å². The van der Waals surface area contributed by atoms with Crippen molar-refractivity contribution in [2.45, 2.75) is 38.6 Å². The third kappa shape index (κ3) is 5.19. The van der Waals surface area contributed by atoms with Crippen LogP contribution in [0.15, 0.2) is 47.3 Å². The van der Waals surface area contributed by atoms with E-state index in [1.807, 2.05) is 0 Å². The minimum atomic E-state index is -4.78. The summed E-state index contributed by atoms with van der Waals surface area (Å²) in [7, 11) is 0. The number of carbonyl (C=O) groups is 1. The average molecular weight is 447 g/mol. The van der Waals surface area contributed by atoms with E-state index in [0.29, 0.717) is 23.2 Å². The first-order valence-electron chi connectivity index (χ1n) is 10.1. The Morgan fingerprint density at radius 1 is 1.06 bits per heavy atom. The molecule has 0 fully saturated rings. The standard InChI is InChI=1S/C22H20F3N3O4/c23-22(24,25)32-15-7-5-14(6-8-15)26-20(29)13-31-16-9-10-18-17(12-16)21(30)28-11-3-1-2-4-19(28)27-18/h5-10,12H,1-4,11,13H2,(H,26,29). The molecule has 3 aromatic rings. The highest BCUT2D eigenvalue weighted by Gasteiger charge is 2.31. The summed E-state index contributed by atoms with van der Waals surface area (Å²) in [6.45, 7) is 0.295. The van der Waals surface area contributed by atoms with E-state index in [2.05, 4.69) is 15.0 Å². The largest absolute Gasteiger partial charge is 0.573 e. The summed E-state index contributed by atoms with van der Waals surface area (Å²) >= 11 is 0. The monoisotopic (exact) mass is 447 g/mol. The second kappa shape index (κ2) is 8.89. The van der Waals surface area contributed by atoms with Crippen molar-refractivity contribution in [3.63, 3.8) is 0 Å². The van der Waals surface area contributed by atoms with Gasteiger partial charge in [-0.05, 0) is 55.3 Å². The first kappa shape index (κ1) is 21.7. The van der Waals surface area contributed by atoms with E-state index >= 15 is 0 Å². The molecule has 7 nitrogen and oxygen atoms in total. The highest BCUT2D eigenvalue weighted by Crippen LogP contribution is 2.24. The van der Waals surface area contributed by atoms with Gasteiger partial charge in [-0.3, -0.25) is 14.2 Å². The van der Waals surface area contributed by atoms with Gasteiger partial charge in [0.1, 0.15) is 17.3 Å². The molecule has 2 aromatic carbocycles. The molecule has 1 N–H and O–H groups in total. The Hall–Kier alpha value is -3.56. The summed E-state index contributed by atoms with van der Waals surface area (Å²) in [4.78, 5) is 29.6. The van der Waals surface area contributed by atoms with Gasteiger partial charge in [0.15, 0.2) is 6.61 Å². The lowest BCUT2D eigenvalue weighted by atomic mass is 10.2. The Labute approximate surface area is 180 Å². The quantitative estimate of drug-likeness (QED) is 0.639. The van der Waals surface area contributed by atoms with Crippen LogP contribution in [0.4, 0.5) is 18.9 Å². The summed E-state index contributed by atoms with van der Waals surface area (Å²) in [6, 6.07) is 9.65. The molecule has 0 spiro atoms. The van der Waals surface area contributed by atoms with E-state index in [0.717, 1.165) is 43.6 Å². The second-order valence-corrected chi connectivity index (χ2v) is 7.38. The van der Waals surface area contributed by atoms with Crippen molar-refractivity contribution in [3.8, 4) is 11.5 Å². The second-order valence-electron chi connectivity index (χ2n) is 7.38. The van der Waals surface area contributed by atoms with Crippen LogP contribution in [-0.2, 0) is 17.8 Å². The zero-order valence-electron chi connectivity index (χ0n) is 16.9. The number of carbonyl (C=O) groups excluding carboxylic acids is 1. The van der Waals surface area contributed by atoms with Gasteiger partial charge in [-0.1, -0.05) is 6.42 Å². The Morgan fingerprint density at radius 3 is 2.56 bits per heavy atom. The topological polar surface area (TPSA) is 82.5 Å². The van der Waals surface area contributed by atoms with Gasteiger partial charge < -0.3 is 14.8 Å². The lowest BCUT2D eigenvalue weighted by Gasteiger charge is -2.12. The number of hydrogen-bond donors (Lipinski definition) is 1. The number of ether oxygens (including phenoxy) is 2. The molecule has 1 aromatic heterocycles. The van der Waals surface area contributed by atoms with Crippen LogP contribution in [0.2, 0.25) is 0 Å². The van der Waals surface area contributed by atoms with Gasteiger partial charge in [-0.25, -0.2) is 4.98 Å². The number of aryl methyl sites for hydroxylation is 1. The molecule has 0 saturated heterocycles. The lowest BCUT2D eigenvalue weighted by molar-refractivity contribution is -0.274. The first-order valence-corrected chi connectivity index (χ1v) is 10.1. The predicted molar refractivity (Wildman–Crippen MR) is 111 cm³/mol. The maximum absolute atomic E-state index is 12.9. The van der Waals surface area contributed by atoms with Gasteiger partial charge in [0, 0.05) is 18.7 Å². The fourth-order valence-electron chi connectivity index (χ4n) is 3.57. The zero-order chi connectivity index (χ0) is 22.7.